The zero-order chi connectivity index (χ0) is 7.98. The van der Waals surface area contributed by atoms with Crippen LogP contribution in [0.15, 0.2) is 23.7 Å². The average molecular weight is 141 g/mol. The smallest absolute Gasteiger partial charge is 0.212 e. The average Bonchev–Trinajstić information content (AvgIpc) is 1.89. The van der Waals surface area contributed by atoms with Gasteiger partial charge in [0.2, 0.25) is 6.41 Å². The molecule has 0 aromatic rings. The molecule has 0 aromatic carbocycles. The summed E-state index contributed by atoms with van der Waals surface area (Å²) in [5.74, 6) is 0.316. The number of carbonyl (C=O) groups is 1. The number of carbonyl (C=O) groups excluding carboxylic acids is 1. The van der Waals surface area contributed by atoms with E-state index in [1.54, 1.807) is 13.0 Å². The molecule has 0 saturated heterocycles. The highest BCUT2D eigenvalue weighted by molar-refractivity contribution is 5.50. The van der Waals surface area contributed by atoms with Crippen LogP contribution in [-0.2, 0) is 4.79 Å². The second kappa shape index (κ2) is 4.43. The van der Waals surface area contributed by atoms with Gasteiger partial charge in [0.05, 0.1) is 0 Å². The highest BCUT2D eigenvalue weighted by atomic mass is 16.1. The minimum Gasteiger partial charge on any atom is -0.405 e. The number of nitrogens with one attached hydrogen (secondary N) is 1. The Morgan fingerprint density at radius 1 is 1.60 bits per heavy atom. The van der Waals surface area contributed by atoms with Crippen molar-refractivity contribution >= 4 is 6.41 Å². The monoisotopic (exact) mass is 141 g/mol. The van der Waals surface area contributed by atoms with Crippen LogP contribution in [0, 0.1) is 0 Å². The van der Waals surface area contributed by atoms with Crippen molar-refractivity contribution in [3.05, 3.63) is 23.7 Å². The second-order valence-electron chi connectivity index (χ2n) is 1.72. The Kier molecular flexibility index (Phi) is 3.79. The summed E-state index contributed by atoms with van der Waals surface area (Å²) < 4.78 is 0. The van der Waals surface area contributed by atoms with Crippen LogP contribution in [0.25, 0.3) is 0 Å². The van der Waals surface area contributed by atoms with Gasteiger partial charge < -0.3 is 16.8 Å². The van der Waals surface area contributed by atoms with Crippen molar-refractivity contribution in [1.29, 1.82) is 0 Å². The van der Waals surface area contributed by atoms with E-state index in [0.717, 1.165) is 5.57 Å². The van der Waals surface area contributed by atoms with E-state index in [2.05, 4.69) is 5.32 Å². The predicted octanol–water partition coefficient (Wildman–Crippen LogP) is -0.605. The van der Waals surface area contributed by atoms with Gasteiger partial charge >= 0.3 is 0 Å². The topological polar surface area (TPSA) is 81.1 Å². The van der Waals surface area contributed by atoms with E-state index in [1.807, 2.05) is 0 Å². The highest BCUT2D eigenvalue weighted by Crippen LogP contribution is 1.93. The number of hydrogen-bond acceptors (Lipinski definition) is 3. The minimum atomic E-state index is 0.316. The predicted molar refractivity (Wildman–Crippen MR) is 39.4 cm³/mol. The van der Waals surface area contributed by atoms with Gasteiger partial charge in [-0.1, -0.05) is 0 Å². The van der Waals surface area contributed by atoms with Gasteiger partial charge in [-0.15, -0.1) is 0 Å². The van der Waals surface area contributed by atoms with Crippen molar-refractivity contribution in [2.24, 2.45) is 11.5 Å². The number of amides is 1. The molecular formula is C6H11N3O. The summed E-state index contributed by atoms with van der Waals surface area (Å²) in [6, 6.07) is 0. The third-order valence-corrected chi connectivity index (χ3v) is 0.985. The number of hydrogen-bond donors (Lipinski definition) is 3. The molecule has 0 aliphatic carbocycles. The Bertz CT molecular complexity index is 172. The van der Waals surface area contributed by atoms with Crippen LogP contribution in [0.5, 0.6) is 0 Å². The third-order valence-electron chi connectivity index (χ3n) is 0.985. The lowest BCUT2D eigenvalue weighted by Gasteiger charge is -1.99. The molecular weight excluding hydrogens is 130 g/mol. The summed E-state index contributed by atoms with van der Waals surface area (Å²) in [4.78, 5) is 9.84. The van der Waals surface area contributed by atoms with Crippen LogP contribution in [-0.4, -0.2) is 6.41 Å². The van der Waals surface area contributed by atoms with E-state index in [4.69, 9.17) is 11.5 Å². The van der Waals surface area contributed by atoms with Crippen LogP contribution in [0.3, 0.4) is 0 Å². The van der Waals surface area contributed by atoms with Crippen molar-refractivity contribution in [3.8, 4) is 0 Å². The van der Waals surface area contributed by atoms with Crippen LogP contribution >= 0.6 is 0 Å². The van der Waals surface area contributed by atoms with Crippen molar-refractivity contribution in [2.75, 3.05) is 0 Å². The Morgan fingerprint density at radius 3 is 2.60 bits per heavy atom. The molecule has 0 aliphatic rings. The molecule has 56 valence electrons. The summed E-state index contributed by atoms with van der Waals surface area (Å²) in [7, 11) is 0. The first-order valence-corrected chi connectivity index (χ1v) is 2.77. The molecule has 0 heterocycles. The van der Waals surface area contributed by atoms with E-state index in [9.17, 15) is 4.79 Å². The van der Waals surface area contributed by atoms with Crippen LogP contribution in [0.4, 0.5) is 0 Å². The normalized spacial score (nSPS) is 12.9. The SMILES string of the molecule is CC(/C=C\N)=C(/N)NC=O. The molecule has 0 aliphatic heterocycles. The van der Waals surface area contributed by atoms with Crippen molar-refractivity contribution in [2.45, 2.75) is 6.92 Å². The van der Waals surface area contributed by atoms with Gasteiger partial charge in [0, 0.05) is 0 Å². The summed E-state index contributed by atoms with van der Waals surface area (Å²) in [6.45, 7) is 1.75. The first kappa shape index (κ1) is 8.55. The summed E-state index contributed by atoms with van der Waals surface area (Å²) in [5, 5.41) is 2.30. The fraction of sp³-hybridized carbons (Fsp3) is 0.167. The molecule has 4 nitrogen and oxygen atoms in total. The lowest BCUT2D eigenvalue weighted by atomic mass is 10.3. The minimum absolute atomic E-state index is 0.316. The Labute approximate surface area is 59.6 Å². The Balaban J connectivity index is 4.17. The van der Waals surface area contributed by atoms with Gasteiger partial charge in [-0.05, 0) is 24.8 Å². The molecule has 1 amide bonds. The van der Waals surface area contributed by atoms with Crippen LogP contribution in [0.1, 0.15) is 6.92 Å². The maximum Gasteiger partial charge on any atom is 0.212 e. The van der Waals surface area contributed by atoms with Gasteiger partial charge in [-0.3, -0.25) is 4.79 Å². The van der Waals surface area contributed by atoms with Gasteiger partial charge in [0.25, 0.3) is 0 Å². The highest BCUT2D eigenvalue weighted by Gasteiger charge is 1.89. The van der Waals surface area contributed by atoms with Crippen molar-refractivity contribution in [1.82, 2.24) is 5.32 Å². The second-order valence-corrected chi connectivity index (χ2v) is 1.72. The number of nitrogens with two attached hydrogens (primary N) is 2. The first-order chi connectivity index (χ1) is 4.72. The van der Waals surface area contributed by atoms with Crippen LogP contribution < -0.4 is 16.8 Å². The molecule has 0 unspecified atom stereocenters. The molecule has 0 bridgehead atoms. The molecule has 0 rings (SSSR count). The third kappa shape index (κ3) is 2.76. The number of rotatable bonds is 3. The lowest BCUT2D eigenvalue weighted by Crippen LogP contribution is -2.19. The molecule has 10 heavy (non-hydrogen) atoms. The van der Waals surface area contributed by atoms with Crippen molar-refractivity contribution in [3.63, 3.8) is 0 Å². The molecule has 0 radical (unpaired) electrons. The van der Waals surface area contributed by atoms with E-state index < -0.39 is 0 Å². The molecule has 0 atom stereocenters. The zero-order valence-electron chi connectivity index (χ0n) is 5.79. The maximum atomic E-state index is 9.84. The fourth-order valence-corrected chi connectivity index (χ4v) is 0.411. The Morgan fingerprint density at radius 2 is 2.20 bits per heavy atom. The van der Waals surface area contributed by atoms with Crippen molar-refractivity contribution < 1.29 is 4.79 Å². The molecule has 0 saturated carbocycles. The fourth-order valence-electron chi connectivity index (χ4n) is 0.411. The van der Waals surface area contributed by atoms with Gasteiger partial charge in [0.15, 0.2) is 0 Å². The zero-order valence-corrected chi connectivity index (χ0v) is 5.79. The van der Waals surface area contributed by atoms with Gasteiger partial charge in [0.1, 0.15) is 5.82 Å². The van der Waals surface area contributed by atoms with Gasteiger partial charge in [-0.25, -0.2) is 0 Å². The van der Waals surface area contributed by atoms with E-state index in [0.29, 0.717) is 12.2 Å². The first-order valence-electron chi connectivity index (χ1n) is 2.77. The lowest BCUT2D eigenvalue weighted by molar-refractivity contribution is -0.108. The molecule has 0 spiro atoms. The molecule has 4 heteroatoms. The molecule has 0 fully saturated rings. The quantitative estimate of drug-likeness (QED) is 0.362. The molecule has 0 aromatic heterocycles. The van der Waals surface area contributed by atoms with E-state index in [1.165, 1.54) is 6.20 Å². The summed E-state index contributed by atoms with van der Waals surface area (Å²) in [5.41, 5.74) is 11.2. The number of allylic oxidation sites excluding steroid dienone is 2. The Hall–Kier alpha value is -1.45. The summed E-state index contributed by atoms with van der Waals surface area (Å²) in [6.07, 6.45) is 3.48. The summed E-state index contributed by atoms with van der Waals surface area (Å²) >= 11 is 0. The standard InChI is InChI=1S/C6H11N3O/c1-5(2-3-7)6(8)9-4-10/h2-4H,7-8H2,1H3,(H,9,10)/b3-2-,6-5+. The van der Waals surface area contributed by atoms with E-state index >= 15 is 0 Å². The maximum absolute atomic E-state index is 9.84. The largest absolute Gasteiger partial charge is 0.405 e. The van der Waals surface area contributed by atoms with Gasteiger partial charge in [-0.2, -0.15) is 0 Å². The molecule has 5 N–H and O–H groups in total. The van der Waals surface area contributed by atoms with E-state index in [-0.39, 0.29) is 0 Å². The van der Waals surface area contributed by atoms with Crippen LogP contribution in [0.2, 0.25) is 0 Å².